The maximum absolute atomic E-state index is 5.26. The molecular weight excluding hydrogens is 150 g/mol. The zero-order valence-corrected chi connectivity index (χ0v) is 7.97. The molecule has 0 aliphatic carbocycles. The van der Waals surface area contributed by atoms with Crippen LogP contribution in [-0.4, -0.2) is 31.2 Å². The second kappa shape index (κ2) is 4.31. The molecule has 0 saturated carbocycles. The molecule has 0 amide bonds. The van der Waals surface area contributed by atoms with Crippen molar-refractivity contribution in [2.45, 2.75) is 13.8 Å². The number of morpholine rings is 1. The third-order valence-corrected chi connectivity index (χ3v) is 2.28. The second-order valence-corrected chi connectivity index (χ2v) is 3.02. The van der Waals surface area contributed by atoms with Gasteiger partial charge in [0.05, 0.1) is 13.2 Å². The number of nitrogens with zero attached hydrogens (tertiary/aromatic N) is 1. The van der Waals surface area contributed by atoms with Crippen molar-refractivity contribution >= 4 is 0 Å². The first kappa shape index (κ1) is 9.33. The third kappa shape index (κ3) is 2.11. The lowest BCUT2D eigenvalue weighted by Gasteiger charge is -2.30. The van der Waals surface area contributed by atoms with Gasteiger partial charge in [-0.3, -0.25) is 0 Å². The summed E-state index contributed by atoms with van der Waals surface area (Å²) in [5.41, 5.74) is 2.40. The Labute approximate surface area is 74.5 Å². The van der Waals surface area contributed by atoms with Crippen LogP contribution in [0, 0.1) is 0 Å². The van der Waals surface area contributed by atoms with Crippen molar-refractivity contribution in [3.05, 3.63) is 23.9 Å². The van der Waals surface area contributed by atoms with Gasteiger partial charge in [-0.2, -0.15) is 0 Å². The second-order valence-electron chi connectivity index (χ2n) is 3.02. The Morgan fingerprint density at radius 3 is 2.50 bits per heavy atom. The first-order valence-corrected chi connectivity index (χ1v) is 4.40. The van der Waals surface area contributed by atoms with E-state index in [2.05, 4.69) is 24.5 Å². The molecule has 0 unspecified atom stereocenters. The van der Waals surface area contributed by atoms with Crippen LogP contribution < -0.4 is 0 Å². The van der Waals surface area contributed by atoms with Crippen LogP contribution in [0.4, 0.5) is 0 Å². The summed E-state index contributed by atoms with van der Waals surface area (Å²) >= 11 is 0. The molecule has 68 valence electrons. The SMILES string of the molecule is C=C(/C(C)=C\C)N1CCOCC1. The summed E-state index contributed by atoms with van der Waals surface area (Å²) in [4.78, 5) is 2.28. The standard InChI is InChI=1S/C10H17NO/c1-4-9(2)10(3)11-5-7-12-8-6-11/h4H,3,5-8H2,1-2H3/b9-4-. The fourth-order valence-electron chi connectivity index (χ4n) is 1.25. The van der Waals surface area contributed by atoms with Gasteiger partial charge in [-0.25, -0.2) is 0 Å². The molecule has 12 heavy (non-hydrogen) atoms. The lowest BCUT2D eigenvalue weighted by atomic mass is 10.2. The molecule has 0 spiro atoms. The topological polar surface area (TPSA) is 12.5 Å². The first-order valence-electron chi connectivity index (χ1n) is 4.40. The van der Waals surface area contributed by atoms with Crippen molar-refractivity contribution < 1.29 is 4.74 Å². The predicted octanol–water partition coefficient (Wildman–Crippen LogP) is 1.80. The number of rotatable bonds is 2. The van der Waals surface area contributed by atoms with Crippen LogP contribution in [0.2, 0.25) is 0 Å². The highest BCUT2D eigenvalue weighted by atomic mass is 16.5. The minimum atomic E-state index is 0.829. The van der Waals surface area contributed by atoms with Gasteiger partial charge in [-0.15, -0.1) is 0 Å². The lowest BCUT2D eigenvalue weighted by molar-refractivity contribution is 0.0550. The van der Waals surface area contributed by atoms with Crippen LogP contribution >= 0.6 is 0 Å². The molecule has 0 bridgehead atoms. The Balaban J connectivity index is 2.51. The van der Waals surface area contributed by atoms with Crippen LogP contribution in [0.3, 0.4) is 0 Å². The van der Waals surface area contributed by atoms with Crippen LogP contribution in [-0.2, 0) is 4.74 Å². The van der Waals surface area contributed by atoms with Crippen molar-refractivity contribution in [3.63, 3.8) is 0 Å². The molecule has 1 fully saturated rings. The Kier molecular flexibility index (Phi) is 3.35. The monoisotopic (exact) mass is 167 g/mol. The summed E-state index contributed by atoms with van der Waals surface area (Å²) < 4.78 is 5.26. The average molecular weight is 167 g/mol. The van der Waals surface area contributed by atoms with Crippen molar-refractivity contribution in [2.75, 3.05) is 26.3 Å². The van der Waals surface area contributed by atoms with Crippen LogP contribution in [0.1, 0.15) is 13.8 Å². The molecule has 0 atom stereocenters. The highest BCUT2D eigenvalue weighted by molar-refractivity contribution is 5.24. The van der Waals surface area contributed by atoms with Crippen molar-refractivity contribution in [3.8, 4) is 0 Å². The Morgan fingerprint density at radius 1 is 1.42 bits per heavy atom. The largest absolute Gasteiger partial charge is 0.378 e. The maximum atomic E-state index is 5.26. The molecular formula is C10H17NO. The number of allylic oxidation sites excluding steroid dienone is 2. The highest BCUT2D eigenvalue weighted by Gasteiger charge is 2.11. The molecule has 1 saturated heterocycles. The quantitative estimate of drug-likeness (QED) is 0.581. The van der Waals surface area contributed by atoms with E-state index in [1.165, 1.54) is 5.57 Å². The normalized spacial score (nSPS) is 19.5. The Hall–Kier alpha value is -0.760. The molecule has 1 aliphatic heterocycles. The summed E-state index contributed by atoms with van der Waals surface area (Å²) in [5.74, 6) is 0. The lowest BCUT2D eigenvalue weighted by Crippen LogP contribution is -2.35. The van der Waals surface area contributed by atoms with E-state index in [9.17, 15) is 0 Å². The number of hydrogen-bond donors (Lipinski definition) is 0. The zero-order valence-electron chi connectivity index (χ0n) is 7.97. The molecule has 1 rings (SSSR count). The van der Waals surface area contributed by atoms with Gasteiger partial charge in [-0.1, -0.05) is 12.7 Å². The van der Waals surface area contributed by atoms with Gasteiger partial charge in [-0.05, 0) is 19.4 Å². The smallest absolute Gasteiger partial charge is 0.0642 e. The van der Waals surface area contributed by atoms with E-state index in [1.54, 1.807) is 0 Å². The molecule has 1 aliphatic rings. The first-order chi connectivity index (χ1) is 5.75. The van der Waals surface area contributed by atoms with Crippen molar-refractivity contribution in [1.29, 1.82) is 0 Å². The van der Waals surface area contributed by atoms with E-state index in [-0.39, 0.29) is 0 Å². The van der Waals surface area contributed by atoms with Gasteiger partial charge in [0.25, 0.3) is 0 Å². The minimum absolute atomic E-state index is 0.829. The molecule has 0 aromatic carbocycles. The van der Waals surface area contributed by atoms with Crippen LogP contribution in [0.5, 0.6) is 0 Å². The van der Waals surface area contributed by atoms with E-state index in [0.29, 0.717) is 0 Å². The van der Waals surface area contributed by atoms with E-state index in [0.717, 1.165) is 32.0 Å². The average Bonchev–Trinajstić information content (AvgIpc) is 2.17. The van der Waals surface area contributed by atoms with Crippen LogP contribution in [0.25, 0.3) is 0 Å². The molecule has 0 aromatic rings. The Bertz CT molecular complexity index is 190. The van der Waals surface area contributed by atoms with E-state index < -0.39 is 0 Å². The number of ether oxygens (including phenoxy) is 1. The summed E-state index contributed by atoms with van der Waals surface area (Å²) in [6.45, 7) is 11.8. The molecule has 1 heterocycles. The summed E-state index contributed by atoms with van der Waals surface area (Å²) in [5, 5.41) is 0. The van der Waals surface area contributed by atoms with Crippen molar-refractivity contribution in [2.24, 2.45) is 0 Å². The van der Waals surface area contributed by atoms with Crippen molar-refractivity contribution in [1.82, 2.24) is 4.90 Å². The van der Waals surface area contributed by atoms with Crippen LogP contribution in [0.15, 0.2) is 23.9 Å². The van der Waals surface area contributed by atoms with Gasteiger partial charge >= 0.3 is 0 Å². The fraction of sp³-hybridized carbons (Fsp3) is 0.600. The van der Waals surface area contributed by atoms with Gasteiger partial charge in [0.2, 0.25) is 0 Å². The van der Waals surface area contributed by atoms with Gasteiger partial charge < -0.3 is 9.64 Å². The van der Waals surface area contributed by atoms with E-state index >= 15 is 0 Å². The molecule has 2 heteroatoms. The molecule has 0 radical (unpaired) electrons. The highest BCUT2D eigenvalue weighted by Crippen LogP contribution is 2.13. The summed E-state index contributed by atoms with van der Waals surface area (Å²) in [6.07, 6.45) is 2.10. The van der Waals surface area contributed by atoms with E-state index in [1.807, 2.05) is 6.92 Å². The molecule has 2 nitrogen and oxygen atoms in total. The maximum Gasteiger partial charge on any atom is 0.0642 e. The minimum Gasteiger partial charge on any atom is -0.378 e. The van der Waals surface area contributed by atoms with E-state index in [4.69, 9.17) is 4.74 Å². The molecule has 0 N–H and O–H groups in total. The van der Waals surface area contributed by atoms with Gasteiger partial charge in [0, 0.05) is 18.8 Å². The van der Waals surface area contributed by atoms with Gasteiger partial charge in [0.15, 0.2) is 0 Å². The Morgan fingerprint density at radius 2 is 2.00 bits per heavy atom. The summed E-state index contributed by atoms with van der Waals surface area (Å²) in [7, 11) is 0. The third-order valence-electron chi connectivity index (χ3n) is 2.28. The fourth-order valence-corrected chi connectivity index (χ4v) is 1.25. The van der Waals surface area contributed by atoms with Gasteiger partial charge in [0.1, 0.15) is 0 Å². The zero-order chi connectivity index (χ0) is 8.97. The summed E-state index contributed by atoms with van der Waals surface area (Å²) in [6, 6.07) is 0. The number of hydrogen-bond acceptors (Lipinski definition) is 2. The predicted molar refractivity (Wildman–Crippen MR) is 51.0 cm³/mol. The molecule has 0 aromatic heterocycles.